The average Bonchev–Trinajstić information content (AvgIpc) is 3.40. The molecule has 0 saturated carbocycles. The minimum absolute atomic E-state index is 0.0950. The van der Waals surface area contributed by atoms with Gasteiger partial charge in [-0.25, -0.2) is 0 Å². The lowest BCUT2D eigenvalue weighted by Gasteiger charge is -2.13. The second-order valence-corrected chi connectivity index (χ2v) is 8.11. The highest BCUT2D eigenvalue weighted by Crippen LogP contribution is 2.40. The van der Waals surface area contributed by atoms with Crippen molar-refractivity contribution in [3.63, 3.8) is 0 Å². The highest BCUT2D eigenvalue weighted by atomic mass is 32.2. The summed E-state index contributed by atoms with van der Waals surface area (Å²) in [7, 11) is 0. The zero-order valence-electron chi connectivity index (χ0n) is 16.1. The van der Waals surface area contributed by atoms with Crippen molar-refractivity contribution >= 4 is 16.8 Å². The van der Waals surface area contributed by atoms with Crippen LogP contribution >= 0.6 is 11.8 Å². The molecule has 0 saturated heterocycles. The summed E-state index contributed by atoms with van der Waals surface area (Å²) in [6, 6.07) is 33.8. The molecule has 0 aliphatic carbocycles. The molecule has 0 bridgehead atoms. The second-order valence-electron chi connectivity index (χ2n) is 7.02. The summed E-state index contributed by atoms with van der Waals surface area (Å²) in [5.41, 5.74) is 10.5. The van der Waals surface area contributed by atoms with Crippen LogP contribution in [0.15, 0.2) is 102 Å². The fraction of sp³-hybridized carbons (Fsp3) is 0.0800. The maximum Gasteiger partial charge on any atom is 0.126 e. The van der Waals surface area contributed by atoms with Gasteiger partial charge >= 0.3 is 0 Å². The van der Waals surface area contributed by atoms with E-state index in [1.165, 1.54) is 28.2 Å². The summed E-state index contributed by atoms with van der Waals surface area (Å²) in [4.78, 5) is 0. The van der Waals surface area contributed by atoms with Crippen molar-refractivity contribution in [2.24, 2.45) is 5.10 Å². The van der Waals surface area contributed by atoms with Crippen molar-refractivity contribution in [2.75, 3.05) is 0 Å². The molecule has 5 rings (SSSR count). The van der Waals surface area contributed by atoms with Crippen LogP contribution in [0.3, 0.4) is 0 Å². The zero-order chi connectivity index (χ0) is 19.6. The third kappa shape index (κ3) is 3.36. The van der Waals surface area contributed by atoms with E-state index in [-0.39, 0.29) is 5.37 Å². The third-order valence-corrected chi connectivity index (χ3v) is 6.33. The largest absolute Gasteiger partial charge is 0.314 e. The predicted molar refractivity (Wildman–Crippen MR) is 122 cm³/mol. The minimum Gasteiger partial charge on any atom is -0.314 e. The molecule has 0 radical (unpaired) electrons. The third-order valence-electron chi connectivity index (χ3n) is 5.19. The summed E-state index contributed by atoms with van der Waals surface area (Å²) >= 11 is 1.77. The Labute approximate surface area is 175 Å². The number of hydrogen-bond acceptors (Lipinski definition) is 3. The van der Waals surface area contributed by atoms with Crippen LogP contribution in [-0.2, 0) is 0 Å². The van der Waals surface area contributed by atoms with E-state index in [0.29, 0.717) is 0 Å². The number of aromatic nitrogens is 1. The van der Waals surface area contributed by atoms with Gasteiger partial charge in [-0.2, -0.15) is 5.10 Å². The van der Waals surface area contributed by atoms with E-state index in [1.807, 2.05) is 6.07 Å². The first-order valence-electron chi connectivity index (χ1n) is 9.69. The molecule has 1 atom stereocenters. The summed E-state index contributed by atoms with van der Waals surface area (Å²) in [5.74, 6) is 0. The topological polar surface area (TPSA) is 29.3 Å². The fourth-order valence-electron chi connectivity index (χ4n) is 3.75. The number of benzene rings is 3. The standard InChI is InChI=1S/C25H21N3S/c1-18-22(25-27-26-24(29-25)20-13-7-3-8-14-20)17-23(19-11-5-2-6-12-19)28(18)21-15-9-4-10-16-21/h2-17,25,27H,1H3/t25-/m0/s1. The Morgan fingerprint density at radius 2 is 1.38 bits per heavy atom. The minimum atomic E-state index is 0.0950. The van der Waals surface area contributed by atoms with E-state index in [4.69, 9.17) is 0 Å². The molecule has 3 aromatic carbocycles. The van der Waals surface area contributed by atoms with Gasteiger partial charge in [-0.15, -0.1) is 0 Å². The Morgan fingerprint density at radius 3 is 2.03 bits per heavy atom. The summed E-state index contributed by atoms with van der Waals surface area (Å²) < 4.78 is 2.34. The molecule has 0 fully saturated rings. The molecular weight excluding hydrogens is 374 g/mol. The van der Waals surface area contributed by atoms with Crippen LogP contribution in [0.5, 0.6) is 0 Å². The molecule has 4 heteroatoms. The Morgan fingerprint density at radius 1 is 0.793 bits per heavy atom. The quantitative estimate of drug-likeness (QED) is 0.449. The van der Waals surface area contributed by atoms with Gasteiger partial charge in [0, 0.05) is 22.5 Å². The van der Waals surface area contributed by atoms with Gasteiger partial charge in [0.05, 0.1) is 5.69 Å². The first-order chi connectivity index (χ1) is 14.3. The molecule has 3 nitrogen and oxygen atoms in total. The normalized spacial score (nSPS) is 15.8. The van der Waals surface area contributed by atoms with E-state index >= 15 is 0 Å². The van der Waals surface area contributed by atoms with Crippen LogP contribution in [0.2, 0.25) is 0 Å². The van der Waals surface area contributed by atoms with Crippen molar-refractivity contribution in [2.45, 2.75) is 12.3 Å². The van der Waals surface area contributed by atoms with Gasteiger partial charge in [0.1, 0.15) is 10.4 Å². The first-order valence-corrected chi connectivity index (χ1v) is 10.6. The van der Waals surface area contributed by atoms with E-state index in [1.54, 1.807) is 11.8 Å². The van der Waals surface area contributed by atoms with Crippen LogP contribution in [-0.4, -0.2) is 9.61 Å². The summed E-state index contributed by atoms with van der Waals surface area (Å²) in [6.45, 7) is 2.19. The molecule has 1 aliphatic heterocycles. The predicted octanol–water partition coefficient (Wildman–Crippen LogP) is 6.15. The summed E-state index contributed by atoms with van der Waals surface area (Å²) in [6.07, 6.45) is 0. The monoisotopic (exact) mass is 395 g/mol. The Kier molecular flexibility index (Phi) is 4.70. The van der Waals surface area contributed by atoms with Crippen molar-refractivity contribution < 1.29 is 0 Å². The Hall–Kier alpha value is -3.24. The van der Waals surface area contributed by atoms with Crippen molar-refractivity contribution in [3.05, 3.63) is 114 Å². The van der Waals surface area contributed by atoms with Crippen LogP contribution in [0.1, 0.15) is 22.2 Å². The maximum atomic E-state index is 4.61. The van der Waals surface area contributed by atoms with Crippen LogP contribution in [0.25, 0.3) is 16.9 Å². The molecule has 0 spiro atoms. The van der Waals surface area contributed by atoms with Crippen molar-refractivity contribution in [1.29, 1.82) is 0 Å². The van der Waals surface area contributed by atoms with Gasteiger partial charge in [0.2, 0.25) is 0 Å². The Balaban J connectivity index is 1.56. The van der Waals surface area contributed by atoms with Crippen LogP contribution < -0.4 is 5.43 Å². The number of rotatable bonds is 4. The second kappa shape index (κ2) is 7.64. The van der Waals surface area contributed by atoms with Crippen LogP contribution in [0, 0.1) is 6.92 Å². The van der Waals surface area contributed by atoms with Gasteiger partial charge in [0.15, 0.2) is 0 Å². The van der Waals surface area contributed by atoms with Gasteiger partial charge in [-0.05, 0) is 30.7 Å². The lowest BCUT2D eigenvalue weighted by atomic mass is 10.1. The van der Waals surface area contributed by atoms with Gasteiger partial charge in [-0.3, -0.25) is 5.43 Å². The summed E-state index contributed by atoms with van der Waals surface area (Å²) in [5, 5.41) is 5.74. The van der Waals surface area contributed by atoms with Gasteiger partial charge in [-0.1, -0.05) is 90.6 Å². The molecule has 0 unspecified atom stereocenters. The number of nitrogens with zero attached hydrogens (tertiary/aromatic N) is 2. The van der Waals surface area contributed by atoms with Crippen molar-refractivity contribution in [1.82, 2.24) is 9.99 Å². The molecule has 4 aromatic rings. The molecule has 29 heavy (non-hydrogen) atoms. The molecule has 1 aliphatic rings. The smallest absolute Gasteiger partial charge is 0.126 e. The number of thioether (sulfide) groups is 1. The first kappa shape index (κ1) is 17.8. The van der Waals surface area contributed by atoms with E-state index in [2.05, 4.69) is 113 Å². The Bertz CT molecular complexity index is 1150. The number of nitrogens with one attached hydrogen (secondary N) is 1. The lowest BCUT2D eigenvalue weighted by molar-refractivity contribution is 0.737. The average molecular weight is 396 g/mol. The van der Waals surface area contributed by atoms with E-state index < -0.39 is 0 Å². The van der Waals surface area contributed by atoms with Gasteiger partial charge < -0.3 is 4.57 Å². The molecule has 2 heterocycles. The SMILES string of the molecule is Cc1c([C@H]2NN=C(c3ccccc3)S2)cc(-c2ccccc2)n1-c1ccccc1. The lowest BCUT2D eigenvalue weighted by Crippen LogP contribution is -2.08. The molecular formula is C25H21N3S. The van der Waals surface area contributed by atoms with Crippen LogP contribution in [0.4, 0.5) is 0 Å². The number of hydrazone groups is 1. The molecule has 142 valence electrons. The fourth-order valence-corrected chi connectivity index (χ4v) is 4.82. The zero-order valence-corrected chi connectivity index (χ0v) is 16.9. The van der Waals surface area contributed by atoms with Gasteiger partial charge in [0.25, 0.3) is 0 Å². The highest BCUT2D eigenvalue weighted by Gasteiger charge is 2.27. The van der Waals surface area contributed by atoms with E-state index in [9.17, 15) is 0 Å². The molecule has 1 aromatic heterocycles. The molecule has 1 N–H and O–H groups in total. The molecule has 0 amide bonds. The number of hydrogen-bond donors (Lipinski definition) is 1. The maximum absolute atomic E-state index is 4.61. The van der Waals surface area contributed by atoms with Crippen molar-refractivity contribution in [3.8, 4) is 16.9 Å². The van der Waals surface area contributed by atoms with E-state index in [0.717, 1.165) is 10.6 Å². The number of para-hydroxylation sites is 1. The highest BCUT2D eigenvalue weighted by molar-refractivity contribution is 8.14.